The zero-order valence-electron chi connectivity index (χ0n) is 12.7. The van der Waals surface area contributed by atoms with Crippen LogP contribution in [0.4, 0.5) is 8.78 Å². The van der Waals surface area contributed by atoms with Crippen LogP contribution in [-0.4, -0.2) is 15.9 Å². The fourth-order valence-electron chi connectivity index (χ4n) is 2.12. The number of benzene rings is 1. The number of hydrogen-bond acceptors (Lipinski definition) is 4. The maximum atomic E-state index is 13.2. The monoisotopic (exact) mass is 345 g/mol. The molecule has 0 unspecified atom stereocenters. The molecule has 3 aromatic rings. The number of hydrogen-bond donors (Lipinski definition) is 1. The highest BCUT2D eigenvalue weighted by molar-refractivity contribution is 7.10. The van der Waals surface area contributed by atoms with E-state index in [-0.39, 0.29) is 11.6 Å². The molecule has 1 N–H and O–H groups in total. The van der Waals surface area contributed by atoms with Crippen molar-refractivity contribution in [2.24, 2.45) is 0 Å². The Morgan fingerprint density at radius 2 is 1.92 bits per heavy atom. The van der Waals surface area contributed by atoms with Gasteiger partial charge in [0.25, 0.3) is 5.91 Å². The van der Waals surface area contributed by atoms with E-state index in [4.69, 9.17) is 0 Å². The van der Waals surface area contributed by atoms with Gasteiger partial charge in [-0.1, -0.05) is 0 Å². The fourth-order valence-corrected chi connectivity index (χ4v) is 2.96. The maximum Gasteiger partial charge on any atom is 0.251 e. The van der Waals surface area contributed by atoms with E-state index in [1.165, 1.54) is 17.4 Å². The Kier molecular flexibility index (Phi) is 4.61. The summed E-state index contributed by atoms with van der Waals surface area (Å²) >= 11 is 1.41. The number of amides is 1. The first-order valence-corrected chi connectivity index (χ1v) is 8.04. The number of pyridine rings is 1. The minimum absolute atomic E-state index is 0.0617. The molecule has 3 rings (SSSR count). The molecule has 0 bridgehead atoms. The van der Waals surface area contributed by atoms with E-state index < -0.39 is 17.5 Å². The predicted molar refractivity (Wildman–Crippen MR) is 87.6 cm³/mol. The molecule has 1 aromatic carbocycles. The number of halogens is 2. The van der Waals surface area contributed by atoms with Crippen LogP contribution in [0.5, 0.6) is 0 Å². The van der Waals surface area contributed by atoms with E-state index in [1.807, 2.05) is 17.5 Å². The number of nitrogens with zero attached hydrogens (tertiary/aromatic N) is 2. The quantitative estimate of drug-likeness (QED) is 0.778. The normalized spacial score (nSPS) is 12.0. The molecule has 24 heavy (non-hydrogen) atoms. The van der Waals surface area contributed by atoms with Crippen LogP contribution >= 0.6 is 11.3 Å². The van der Waals surface area contributed by atoms with E-state index >= 15 is 0 Å². The van der Waals surface area contributed by atoms with E-state index in [1.54, 1.807) is 19.3 Å². The van der Waals surface area contributed by atoms with Crippen LogP contribution in [-0.2, 0) is 0 Å². The summed E-state index contributed by atoms with van der Waals surface area (Å²) in [4.78, 5) is 20.6. The first-order valence-electron chi connectivity index (χ1n) is 7.16. The van der Waals surface area contributed by atoms with Crippen molar-refractivity contribution >= 4 is 17.2 Å². The molecular weight excluding hydrogens is 332 g/mol. The molecule has 0 aliphatic carbocycles. The van der Waals surface area contributed by atoms with E-state index in [2.05, 4.69) is 15.3 Å². The van der Waals surface area contributed by atoms with Gasteiger partial charge in [-0.05, 0) is 37.3 Å². The van der Waals surface area contributed by atoms with Gasteiger partial charge in [0.1, 0.15) is 5.01 Å². The third kappa shape index (κ3) is 3.46. The molecule has 7 heteroatoms. The number of thiazole rings is 1. The number of aromatic nitrogens is 2. The van der Waals surface area contributed by atoms with Crippen LogP contribution < -0.4 is 5.32 Å². The molecule has 0 radical (unpaired) electrons. The molecule has 0 fully saturated rings. The number of nitrogens with one attached hydrogen (secondary N) is 1. The fraction of sp³-hybridized carbons (Fsp3) is 0.118. The summed E-state index contributed by atoms with van der Waals surface area (Å²) in [5.41, 5.74) is 1.80. The molecule has 0 aliphatic rings. The Bertz CT molecular complexity index is 867. The second kappa shape index (κ2) is 6.84. The van der Waals surface area contributed by atoms with Gasteiger partial charge in [0.15, 0.2) is 11.6 Å². The summed E-state index contributed by atoms with van der Waals surface area (Å²) in [6, 6.07) is 6.39. The van der Waals surface area contributed by atoms with Crippen molar-refractivity contribution in [3.05, 3.63) is 70.3 Å². The van der Waals surface area contributed by atoms with Crippen molar-refractivity contribution < 1.29 is 13.6 Å². The molecule has 0 saturated heterocycles. The zero-order valence-corrected chi connectivity index (χ0v) is 13.5. The third-order valence-electron chi connectivity index (χ3n) is 3.40. The molecule has 1 amide bonds. The van der Waals surface area contributed by atoms with Crippen LogP contribution in [0.2, 0.25) is 0 Å². The van der Waals surface area contributed by atoms with Gasteiger partial charge >= 0.3 is 0 Å². The van der Waals surface area contributed by atoms with Gasteiger partial charge in [-0.2, -0.15) is 0 Å². The smallest absolute Gasteiger partial charge is 0.251 e. The van der Waals surface area contributed by atoms with Gasteiger partial charge in [0.05, 0.1) is 11.7 Å². The summed E-state index contributed by atoms with van der Waals surface area (Å²) in [6.07, 6.45) is 3.37. The minimum atomic E-state index is -1.05. The highest BCUT2D eigenvalue weighted by atomic mass is 32.1. The van der Waals surface area contributed by atoms with Crippen molar-refractivity contribution in [3.63, 3.8) is 0 Å². The van der Waals surface area contributed by atoms with Gasteiger partial charge in [-0.15, -0.1) is 11.3 Å². The Labute approximate surface area is 141 Å². The predicted octanol–water partition coefficient (Wildman–Crippen LogP) is 3.97. The average Bonchev–Trinajstić information content (AvgIpc) is 3.08. The Morgan fingerprint density at radius 3 is 2.62 bits per heavy atom. The van der Waals surface area contributed by atoms with Crippen molar-refractivity contribution in [1.29, 1.82) is 0 Å². The zero-order chi connectivity index (χ0) is 17.1. The molecule has 0 spiro atoms. The lowest BCUT2D eigenvalue weighted by Gasteiger charge is -2.11. The van der Waals surface area contributed by atoms with Gasteiger partial charge in [0, 0.05) is 28.9 Å². The van der Waals surface area contributed by atoms with Crippen molar-refractivity contribution in [2.75, 3.05) is 0 Å². The minimum Gasteiger partial charge on any atom is -0.343 e. The topological polar surface area (TPSA) is 54.9 Å². The van der Waals surface area contributed by atoms with Gasteiger partial charge in [0.2, 0.25) is 0 Å². The summed E-state index contributed by atoms with van der Waals surface area (Å²) in [7, 11) is 0. The van der Waals surface area contributed by atoms with Crippen LogP contribution in [0, 0.1) is 11.6 Å². The molecule has 0 saturated carbocycles. The first kappa shape index (κ1) is 16.2. The van der Waals surface area contributed by atoms with Gasteiger partial charge < -0.3 is 5.32 Å². The standard InChI is InChI=1S/C17H13F2N3OS/c1-10(21-16(23)12-2-3-13(18)14(19)8-12)17-22-15(9-24-17)11-4-6-20-7-5-11/h2-10H,1H3,(H,21,23)/t10-/m0/s1. The van der Waals surface area contributed by atoms with E-state index in [0.717, 1.165) is 28.4 Å². The Balaban J connectivity index is 1.73. The molecule has 122 valence electrons. The number of rotatable bonds is 4. The molecular formula is C17H13F2N3OS. The summed E-state index contributed by atoms with van der Waals surface area (Å²) < 4.78 is 26.2. The number of carbonyl (C=O) groups excluding carboxylic acids is 1. The van der Waals surface area contributed by atoms with Crippen LogP contribution in [0.15, 0.2) is 48.1 Å². The lowest BCUT2D eigenvalue weighted by Crippen LogP contribution is -2.26. The van der Waals surface area contributed by atoms with Crippen molar-refractivity contribution in [2.45, 2.75) is 13.0 Å². The van der Waals surface area contributed by atoms with Gasteiger partial charge in [-0.25, -0.2) is 13.8 Å². The second-order valence-corrected chi connectivity index (χ2v) is 6.02. The molecule has 2 aromatic heterocycles. The highest BCUT2D eigenvalue weighted by Gasteiger charge is 2.16. The highest BCUT2D eigenvalue weighted by Crippen LogP contribution is 2.25. The number of carbonyl (C=O) groups is 1. The van der Waals surface area contributed by atoms with Crippen molar-refractivity contribution in [1.82, 2.24) is 15.3 Å². The van der Waals surface area contributed by atoms with Crippen molar-refractivity contribution in [3.8, 4) is 11.3 Å². The SMILES string of the molecule is C[C@H](NC(=O)c1ccc(F)c(F)c1)c1nc(-c2ccncc2)cs1. The summed E-state index contributed by atoms with van der Waals surface area (Å²) in [6.45, 7) is 1.78. The largest absolute Gasteiger partial charge is 0.343 e. The molecule has 2 heterocycles. The average molecular weight is 345 g/mol. The third-order valence-corrected chi connectivity index (χ3v) is 4.43. The van der Waals surface area contributed by atoms with Crippen LogP contribution in [0.25, 0.3) is 11.3 Å². The Hall–Kier alpha value is -2.67. The van der Waals surface area contributed by atoms with Crippen LogP contribution in [0.1, 0.15) is 28.3 Å². The lowest BCUT2D eigenvalue weighted by molar-refractivity contribution is 0.0939. The summed E-state index contributed by atoms with van der Waals surface area (Å²) in [5.74, 6) is -2.52. The summed E-state index contributed by atoms with van der Waals surface area (Å²) in [5, 5.41) is 5.35. The first-order chi connectivity index (χ1) is 11.5. The molecule has 4 nitrogen and oxygen atoms in total. The molecule has 0 aliphatic heterocycles. The lowest BCUT2D eigenvalue weighted by atomic mass is 10.2. The maximum absolute atomic E-state index is 13.2. The van der Waals surface area contributed by atoms with Crippen LogP contribution in [0.3, 0.4) is 0 Å². The second-order valence-electron chi connectivity index (χ2n) is 5.13. The Morgan fingerprint density at radius 1 is 1.17 bits per heavy atom. The molecule has 1 atom stereocenters. The van der Waals surface area contributed by atoms with E-state index in [0.29, 0.717) is 0 Å². The van der Waals surface area contributed by atoms with Gasteiger partial charge in [-0.3, -0.25) is 9.78 Å². The van der Waals surface area contributed by atoms with E-state index in [9.17, 15) is 13.6 Å².